The molecule has 0 aliphatic carbocycles. The minimum atomic E-state index is -0.368. The van der Waals surface area contributed by atoms with Crippen molar-refractivity contribution in [1.29, 1.82) is 0 Å². The highest BCUT2D eigenvalue weighted by Gasteiger charge is 2.58. The monoisotopic (exact) mass is 213 g/mol. The van der Waals surface area contributed by atoms with Gasteiger partial charge in [0.1, 0.15) is 0 Å². The van der Waals surface area contributed by atoms with Crippen LogP contribution in [-0.2, 0) is 5.21 Å². The van der Waals surface area contributed by atoms with Crippen LogP contribution in [0.15, 0.2) is 0 Å². The van der Waals surface area contributed by atoms with Crippen molar-refractivity contribution >= 4 is 0 Å². The molecule has 15 heavy (non-hydrogen) atoms. The Bertz CT molecular complexity index is 224. The summed E-state index contributed by atoms with van der Waals surface area (Å²) in [5, 5.41) is 13.8. The minimum absolute atomic E-state index is 0.187. The first-order valence-electron chi connectivity index (χ1n) is 6.08. The zero-order chi connectivity index (χ0) is 11.9. The first-order valence-corrected chi connectivity index (χ1v) is 6.08. The van der Waals surface area contributed by atoms with Gasteiger partial charge in [-0.2, -0.15) is 0 Å². The summed E-state index contributed by atoms with van der Waals surface area (Å²) in [5.74, 6) is 0. The van der Waals surface area contributed by atoms with Gasteiger partial charge in [0.25, 0.3) is 0 Å². The van der Waals surface area contributed by atoms with Crippen molar-refractivity contribution in [2.45, 2.75) is 71.1 Å². The minimum Gasteiger partial charge on any atom is -0.282 e. The molecule has 1 aliphatic rings. The fraction of sp³-hybridized carbons (Fsp3) is 1.00. The molecule has 1 heterocycles. The van der Waals surface area contributed by atoms with E-state index in [-0.39, 0.29) is 11.2 Å². The first-order chi connectivity index (χ1) is 6.88. The maximum Gasteiger partial charge on any atom is 0.0959 e. The normalized spacial score (nSPS) is 31.0. The van der Waals surface area contributed by atoms with Gasteiger partial charge in [-0.05, 0) is 40.2 Å². The second kappa shape index (κ2) is 4.04. The van der Waals surface area contributed by atoms with Crippen molar-refractivity contribution < 1.29 is 5.21 Å². The Morgan fingerprint density at radius 1 is 1.13 bits per heavy atom. The van der Waals surface area contributed by atoms with Gasteiger partial charge in [-0.25, -0.2) is 0 Å². The summed E-state index contributed by atoms with van der Waals surface area (Å²) in [6, 6.07) is 0.375. The topological polar surface area (TPSA) is 26.4 Å². The highest BCUT2D eigenvalue weighted by Crippen LogP contribution is 2.45. The average Bonchev–Trinajstić information content (AvgIpc) is 2.37. The van der Waals surface area contributed by atoms with E-state index >= 15 is 0 Å². The van der Waals surface area contributed by atoms with Crippen LogP contribution in [0.25, 0.3) is 0 Å². The van der Waals surface area contributed by atoms with E-state index in [0.717, 1.165) is 19.3 Å². The second-order valence-corrected chi connectivity index (χ2v) is 5.13. The van der Waals surface area contributed by atoms with Gasteiger partial charge in [0.15, 0.2) is 0 Å². The number of hydrogen-bond donors (Lipinski definition) is 0. The van der Waals surface area contributed by atoms with Crippen LogP contribution in [0.3, 0.4) is 0 Å². The number of hydrogen-bond acceptors (Lipinski definition) is 2. The smallest absolute Gasteiger partial charge is 0.0959 e. The Morgan fingerprint density at radius 2 is 1.60 bits per heavy atom. The van der Waals surface area contributed by atoms with Gasteiger partial charge in [0.2, 0.25) is 0 Å². The van der Waals surface area contributed by atoms with Crippen LogP contribution in [-0.4, -0.2) is 34.3 Å². The Kier molecular flexibility index (Phi) is 3.49. The van der Waals surface area contributed by atoms with Crippen LogP contribution < -0.4 is 0 Å². The molecule has 1 saturated heterocycles. The molecule has 89 valence electrons. The molecule has 0 spiro atoms. The molecule has 0 aromatic rings. The largest absolute Gasteiger partial charge is 0.282 e. The summed E-state index contributed by atoms with van der Waals surface area (Å²) in [7, 11) is 2.08. The molecule has 0 amide bonds. The van der Waals surface area contributed by atoms with E-state index in [1.807, 2.05) is 13.8 Å². The molecule has 3 nitrogen and oxygen atoms in total. The lowest BCUT2D eigenvalue weighted by Crippen LogP contribution is -2.51. The van der Waals surface area contributed by atoms with Crippen LogP contribution in [0.1, 0.15) is 53.9 Å². The summed E-state index contributed by atoms with van der Waals surface area (Å²) in [5.41, 5.74) is -0.556. The van der Waals surface area contributed by atoms with Crippen LogP contribution in [0.4, 0.5) is 0 Å². The molecule has 1 radical (unpaired) electrons. The van der Waals surface area contributed by atoms with Gasteiger partial charge in [0, 0.05) is 6.04 Å². The first kappa shape index (κ1) is 12.9. The lowest BCUT2D eigenvalue weighted by molar-refractivity contribution is -0.266. The zero-order valence-corrected chi connectivity index (χ0v) is 11.0. The quantitative estimate of drug-likeness (QED) is 0.720. The molecule has 1 unspecified atom stereocenters. The van der Waals surface area contributed by atoms with E-state index in [0.29, 0.717) is 6.04 Å². The molecular weight excluding hydrogens is 188 g/mol. The van der Waals surface area contributed by atoms with Gasteiger partial charge in [-0.3, -0.25) is 4.90 Å². The van der Waals surface area contributed by atoms with Crippen LogP contribution in [0.2, 0.25) is 0 Å². The van der Waals surface area contributed by atoms with Crippen LogP contribution in [0, 0.1) is 0 Å². The zero-order valence-electron chi connectivity index (χ0n) is 11.0. The summed E-state index contributed by atoms with van der Waals surface area (Å²) >= 11 is 0. The second-order valence-electron chi connectivity index (χ2n) is 5.13. The van der Waals surface area contributed by atoms with Crippen LogP contribution >= 0.6 is 0 Å². The molecule has 1 rings (SSSR count). The molecular formula is C12H25N2O. The van der Waals surface area contributed by atoms with Crippen molar-refractivity contribution in [2.75, 3.05) is 7.05 Å². The fourth-order valence-electron chi connectivity index (χ4n) is 3.23. The van der Waals surface area contributed by atoms with E-state index in [1.54, 1.807) is 0 Å². The van der Waals surface area contributed by atoms with E-state index < -0.39 is 0 Å². The molecule has 0 aromatic heterocycles. The lowest BCUT2D eigenvalue weighted by atomic mass is 9.84. The predicted molar refractivity (Wildman–Crippen MR) is 61.8 cm³/mol. The Labute approximate surface area is 94.0 Å². The average molecular weight is 213 g/mol. The molecule has 1 aliphatic heterocycles. The maximum absolute atomic E-state index is 12.5. The number of nitrogens with zero attached hydrogens (tertiary/aromatic N) is 2. The summed E-state index contributed by atoms with van der Waals surface area (Å²) in [4.78, 5) is 2.24. The number of likely N-dealkylation sites (N-methyl/N-ethyl adjacent to an activating group) is 1. The van der Waals surface area contributed by atoms with Crippen molar-refractivity contribution in [3.8, 4) is 0 Å². The van der Waals surface area contributed by atoms with E-state index in [9.17, 15) is 5.21 Å². The number of rotatable bonds is 3. The van der Waals surface area contributed by atoms with Gasteiger partial charge < -0.3 is 0 Å². The molecule has 1 atom stereocenters. The molecule has 3 heteroatoms. The summed E-state index contributed by atoms with van der Waals surface area (Å²) in [6.45, 7) is 10.5. The highest BCUT2D eigenvalue weighted by atomic mass is 16.5. The Morgan fingerprint density at radius 3 is 1.87 bits per heavy atom. The lowest BCUT2D eigenvalue weighted by Gasteiger charge is -2.37. The van der Waals surface area contributed by atoms with Crippen molar-refractivity contribution in [3.05, 3.63) is 0 Å². The maximum atomic E-state index is 12.5. The predicted octanol–water partition coefficient (Wildman–Crippen LogP) is 2.65. The van der Waals surface area contributed by atoms with Crippen molar-refractivity contribution in [1.82, 2.24) is 9.96 Å². The Hall–Kier alpha value is -0.120. The van der Waals surface area contributed by atoms with Gasteiger partial charge in [-0.15, -0.1) is 10.3 Å². The Balaban J connectivity index is 3.15. The van der Waals surface area contributed by atoms with Gasteiger partial charge in [0.05, 0.1) is 11.2 Å². The summed E-state index contributed by atoms with van der Waals surface area (Å²) in [6.07, 6.45) is 2.90. The van der Waals surface area contributed by atoms with Gasteiger partial charge in [-0.1, -0.05) is 20.8 Å². The van der Waals surface area contributed by atoms with E-state index in [1.165, 1.54) is 5.06 Å². The molecule has 1 fully saturated rings. The molecule has 0 saturated carbocycles. The number of hydroxylamine groups is 2. The third-order valence-corrected chi connectivity index (χ3v) is 4.46. The van der Waals surface area contributed by atoms with Crippen molar-refractivity contribution in [2.24, 2.45) is 0 Å². The van der Waals surface area contributed by atoms with E-state index in [4.69, 9.17) is 0 Å². The van der Waals surface area contributed by atoms with Gasteiger partial charge >= 0.3 is 0 Å². The molecule has 0 bridgehead atoms. The summed E-state index contributed by atoms with van der Waals surface area (Å²) < 4.78 is 0. The standard InChI is InChI=1S/C12H25N2O/c1-7-10-12(8-2,9-3)14(15)11(4,5)13(10)6/h10H,7-9H2,1-6H3. The highest BCUT2D eigenvalue weighted by molar-refractivity contribution is 5.07. The van der Waals surface area contributed by atoms with Crippen molar-refractivity contribution in [3.63, 3.8) is 0 Å². The SMILES string of the molecule is CCC1N(C)C(C)(C)N([O])C1(CC)CC. The third kappa shape index (κ3) is 1.52. The third-order valence-electron chi connectivity index (χ3n) is 4.46. The fourth-order valence-corrected chi connectivity index (χ4v) is 3.23. The van der Waals surface area contributed by atoms with Crippen LogP contribution in [0.5, 0.6) is 0 Å². The molecule has 0 N–H and O–H groups in total. The molecule has 0 aromatic carbocycles. The van der Waals surface area contributed by atoms with E-state index in [2.05, 4.69) is 32.7 Å².